The Labute approximate surface area is 86.1 Å². The molecule has 0 radical (unpaired) electrons. The third-order valence-electron chi connectivity index (χ3n) is 2.08. The molecule has 1 aromatic heterocycles. The van der Waals surface area contributed by atoms with Crippen LogP contribution in [0.2, 0.25) is 0 Å². The Kier molecular flexibility index (Phi) is 2.25. The lowest BCUT2D eigenvalue weighted by Gasteiger charge is -2.01. The van der Waals surface area contributed by atoms with Crippen molar-refractivity contribution in [1.82, 2.24) is 0 Å². The molecular weight excluding hydrogens is 196 g/mol. The molecule has 0 aliphatic heterocycles. The van der Waals surface area contributed by atoms with Crippen molar-refractivity contribution in [3.05, 3.63) is 28.6 Å². The van der Waals surface area contributed by atoms with Gasteiger partial charge < -0.3 is 4.74 Å². The van der Waals surface area contributed by atoms with Gasteiger partial charge in [0.25, 0.3) is 0 Å². The Morgan fingerprint density at radius 1 is 1.36 bits per heavy atom. The van der Waals surface area contributed by atoms with Gasteiger partial charge in [-0.1, -0.05) is 0 Å². The molecule has 0 bridgehead atoms. The van der Waals surface area contributed by atoms with E-state index in [0.29, 0.717) is 5.56 Å². The van der Waals surface area contributed by atoms with Gasteiger partial charge >= 0.3 is 0 Å². The van der Waals surface area contributed by atoms with Crippen LogP contribution >= 0.6 is 11.3 Å². The number of benzene rings is 1. The van der Waals surface area contributed by atoms with Crippen molar-refractivity contribution in [2.75, 3.05) is 7.11 Å². The topological polar surface area (TPSA) is 26.3 Å². The fourth-order valence-corrected chi connectivity index (χ4v) is 2.48. The molecule has 2 rings (SSSR count). The molecular formula is C11H10O2S. The molecule has 0 unspecified atom stereocenters. The summed E-state index contributed by atoms with van der Waals surface area (Å²) in [5.41, 5.74) is 0.659. The minimum atomic E-state index is 0.659. The van der Waals surface area contributed by atoms with E-state index in [2.05, 4.69) is 6.07 Å². The highest BCUT2D eigenvalue weighted by atomic mass is 32.1. The van der Waals surface area contributed by atoms with Crippen LogP contribution in [0.15, 0.2) is 18.2 Å². The van der Waals surface area contributed by atoms with Crippen LogP contribution < -0.4 is 4.74 Å². The van der Waals surface area contributed by atoms with E-state index in [-0.39, 0.29) is 0 Å². The zero-order valence-electron chi connectivity index (χ0n) is 8.03. The lowest BCUT2D eigenvalue weighted by atomic mass is 10.1. The molecule has 2 aromatic rings. The van der Waals surface area contributed by atoms with Gasteiger partial charge in [-0.05, 0) is 30.5 Å². The zero-order chi connectivity index (χ0) is 10.1. The van der Waals surface area contributed by atoms with Gasteiger partial charge in [-0.25, -0.2) is 0 Å². The molecule has 0 saturated heterocycles. The number of aldehydes is 1. The fraction of sp³-hybridized carbons (Fsp3) is 0.182. The molecule has 3 heteroatoms. The molecule has 0 amide bonds. The molecule has 0 spiro atoms. The third kappa shape index (κ3) is 1.40. The Balaban J connectivity index is 2.78. The van der Waals surface area contributed by atoms with Crippen LogP contribution in [0.5, 0.6) is 5.75 Å². The van der Waals surface area contributed by atoms with Crippen LogP contribution in [-0.4, -0.2) is 13.4 Å². The number of fused-ring (bicyclic) bond motifs is 1. The van der Waals surface area contributed by atoms with Crippen LogP contribution in [0.4, 0.5) is 0 Å². The van der Waals surface area contributed by atoms with E-state index in [1.807, 2.05) is 13.0 Å². The van der Waals surface area contributed by atoms with Gasteiger partial charge in [0.15, 0.2) is 0 Å². The predicted octanol–water partition coefficient (Wildman–Crippen LogP) is 3.03. The van der Waals surface area contributed by atoms with E-state index in [0.717, 1.165) is 22.1 Å². The first-order chi connectivity index (χ1) is 6.74. The van der Waals surface area contributed by atoms with E-state index in [1.165, 1.54) is 4.88 Å². The van der Waals surface area contributed by atoms with Gasteiger partial charge in [-0.2, -0.15) is 0 Å². The second-order valence-corrected chi connectivity index (χ2v) is 4.37. The summed E-state index contributed by atoms with van der Waals surface area (Å²) in [5.74, 6) is 0.780. The first-order valence-corrected chi connectivity index (χ1v) is 5.09. The first-order valence-electron chi connectivity index (χ1n) is 4.28. The highest BCUT2D eigenvalue weighted by molar-refractivity contribution is 7.19. The quantitative estimate of drug-likeness (QED) is 0.706. The summed E-state index contributed by atoms with van der Waals surface area (Å²) in [5, 5.41) is 1.08. The van der Waals surface area contributed by atoms with Crippen molar-refractivity contribution >= 4 is 27.7 Å². The Morgan fingerprint density at radius 3 is 2.79 bits per heavy atom. The van der Waals surface area contributed by atoms with Crippen LogP contribution in [0, 0.1) is 6.92 Å². The molecule has 1 heterocycles. The largest absolute Gasteiger partial charge is 0.495 e. The van der Waals surface area contributed by atoms with E-state index in [9.17, 15) is 4.79 Å². The summed E-state index contributed by atoms with van der Waals surface area (Å²) >= 11 is 1.68. The second kappa shape index (κ2) is 3.42. The highest BCUT2D eigenvalue weighted by Crippen LogP contribution is 2.34. The van der Waals surface area contributed by atoms with Crippen LogP contribution in [0.3, 0.4) is 0 Å². The second-order valence-electron chi connectivity index (χ2n) is 3.12. The predicted molar refractivity (Wildman–Crippen MR) is 58.5 cm³/mol. The number of thiophene rings is 1. The number of hydrogen-bond acceptors (Lipinski definition) is 3. The average Bonchev–Trinajstić information content (AvgIpc) is 2.56. The summed E-state index contributed by atoms with van der Waals surface area (Å²) in [4.78, 5) is 11.9. The molecule has 0 atom stereocenters. The minimum Gasteiger partial charge on any atom is -0.495 e. The number of aryl methyl sites for hydroxylation is 1. The molecule has 2 nitrogen and oxygen atoms in total. The van der Waals surface area contributed by atoms with E-state index < -0.39 is 0 Å². The smallest absolute Gasteiger partial charge is 0.150 e. The normalized spacial score (nSPS) is 10.4. The average molecular weight is 206 g/mol. The standard InChI is InChI=1S/C11H10O2S/c1-7-3-9-4-8(6-12)5-10(13-2)11(9)14-7/h3-6H,1-2H3. The number of rotatable bonds is 2. The molecule has 72 valence electrons. The van der Waals surface area contributed by atoms with Gasteiger partial charge in [0, 0.05) is 10.4 Å². The first kappa shape index (κ1) is 9.21. The minimum absolute atomic E-state index is 0.659. The van der Waals surface area contributed by atoms with Crippen LogP contribution in [-0.2, 0) is 0 Å². The zero-order valence-corrected chi connectivity index (χ0v) is 8.85. The van der Waals surface area contributed by atoms with Crippen LogP contribution in [0.1, 0.15) is 15.2 Å². The lowest BCUT2D eigenvalue weighted by molar-refractivity contribution is 0.112. The fourth-order valence-electron chi connectivity index (χ4n) is 1.49. The van der Waals surface area contributed by atoms with E-state index in [4.69, 9.17) is 4.74 Å². The number of ether oxygens (including phenoxy) is 1. The number of methoxy groups -OCH3 is 1. The summed E-state index contributed by atoms with van der Waals surface area (Å²) in [7, 11) is 1.62. The molecule has 0 aliphatic carbocycles. The molecule has 0 saturated carbocycles. The lowest BCUT2D eigenvalue weighted by Crippen LogP contribution is -1.85. The maximum atomic E-state index is 10.7. The Bertz CT molecular complexity index is 485. The maximum absolute atomic E-state index is 10.7. The maximum Gasteiger partial charge on any atom is 0.150 e. The van der Waals surface area contributed by atoms with Crippen molar-refractivity contribution in [1.29, 1.82) is 0 Å². The summed E-state index contributed by atoms with van der Waals surface area (Å²) in [6.07, 6.45) is 0.842. The molecule has 1 aromatic carbocycles. The van der Waals surface area contributed by atoms with Crippen molar-refractivity contribution < 1.29 is 9.53 Å². The summed E-state index contributed by atoms with van der Waals surface area (Å²) in [6.45, 7) is 2.05. The van der Waals surface area contributed by atoms with E-state index in [1.54, 1.807) is 24.5 Å². The van der Waals surface area contributed by atoms with Crippen molar-refractivity contribution in [3.63, 3.8) is 0 Å². The molecule has 0 N–H and O–H groups in total. The Hall–Kier alpha value is -1.35. The number of hydrogen-bond donors (Lipinski definition) is 0. The number of carbonyl (C=O) groups is 1. The van der Waals surface area contributed by atoms with Gasteiger partial charge in [-0.3, -0.25) is 4.79 Å². The highest BCUT2D eigenvalue weighted by Gasteiger charge is 2.06. The molecule has 0 aliphatic rings. The van der Waals surface area contributed by atoms with Gasteiger partial charge in [-0.15, -0.1) is 11.3 Å². The molecule has 14 heavy (non-hydrogen) atoms. The van der Waals surface area contributed by atoms with Crippen LogP contribution in [0.25, 0.3) is 10.1 Å². The summed E-state index contributed by atoms with van der Waals surface area (Å²) in [6, 6.07) is 5.72. The third-order valence-corrected chi connectivity index (χ3v) is 3.16. The van der Waals surface area contributed by atoms with Crippen molar-refractivity contribution in [2.45, 2.75) is 6.92 Å². The van der Waals surface area contributed by atoms with E-state index >= 15 is 0 Å². The van der Waals surface area contributed by atoms with Crippen molar-refractivity contribution in [2.24, 2.45) is 0 Å². The SMILES string of the molecule is COc1cc(C=O)cc2cc(C)sc12. The van der Waals surface area contributed by atoms with Gasteiger partial charge in [0.05, 0.1) is 11.8 Å². The van der Waals surface area contributed by atoms with Gasteiger partial charge in [0.2, 0.25) is 0 Å². The van der Waals surface area contributed by atoms with Gasteiger partial charge in [0.1, 0.15) is 12.0 Å². The monoisotopic (exact) mass is 206 g/mol. The van der Waals surface area contributed by atoms with Crippen molar-refractivity contribution in [3.8, 4) is 5.75 Å². The number of carbonyl (C=O) groups excluding carboxylic acids is 1. The molecule has 0 fully saturated rings. The summed E-state index contributed by atoms with van der Waals surface area (Å²) < 4.78 is 6.34. The Morgan fingerprint density at radius 2 is 2.14 bits per heavy atom.